The molecule has 0 fully saturated rings. The average Bonchev–Trinajstić information content (AvgIpc) is 3.30. The van der Waals surface area contributed by atoms with Gasteiger partial charge in [-0.3, -0.25) is 4.79 Å². The summed E-state index contributed by atoms with van der Waals surface area (Å²) >= 11 is 1.51. The molecule has 1 aromatic carbocycles. The Morgan fingerprint density at radius 3 is 2.72 bits per heavy atom. The number of hydrogen-bond acceptors (Lipinski definition) is 5. The summed E-state index contributed by atoms with van der Waals surface area (Å²) in [7, 11) is 1.85. The maximum atomic E-state index is 12.9. The zero-order valence-electron chi connectivity index (χ0n) is 13.5. The molecule has 25 heavy (non-hydrogen) atoms. The zero-order chi connectivity index (χ0) is 17.2. The molecular formula is C18H15N5OS. The quantitative estimate of drug-likeness (QED) is 0.615. The number of aromatic nitrogens is 4. The van der Waals surface area contributed by atoms with Gasteiger partial charge in [-0.2, -0.15) is 0 Å². The van der Waals surface area contributed by atoms with Gasteiger partial charge in [0.25, 0.3) is 5.91 Å². The summed E-state index contributed by atoms with van der Waals surface area (Å²) in [6.07, 6.45) is 5.02. The number of nitrogens with one attached hydrogen (secondary N) is 1. The Balaban J connectivity index is 1.71. The second-order valence-electron chi connectivity index (χ2n) is 5.57. The van der Waals surface area contributed by atoms with Crippen molar-refractivity contribution in [2.75, 3.05) is 0 Å². The molecule has 1 unspecified atom stereocenters. The summed E-state index contributed by atoms with van der Waals surface area (Å²) in [5.41, 5.74) is 2.76. The number of rotatable bonds is 4. The number of aryl methyl sites for hydroxylation is 1. The first-order valence-electron chi connectivity index (χ1n) is 7.75. The highest BCUT2D eigenvalue weighted by Crippen LogP contribution is 2.25. The lowest BCUT2D eigenvalue weighted by Gasteiger charge is -2.17. The maximum Gasteiger partial charge on any atom is 0.254 e. The first-order valence-corrected chi connectivity index (χ1v) is 8.63. The van der Waals surface area contributed by atoms with E-state index < -0.39 is 0 Å². The second-order valence-corrected chi connectivity index (χ2v) is 6.50. The van der Waals surface area contributed by atoms with Gasteiger partial charge in [-0.05, 0) is 11.6 Å². The smallest absolute Gasteiger partial charge is 0.254 e. The molecule has 1 atom stereocenters. The van der Waals surface area contributed by atoms with Crippen molar-refractivity contribution in [3.63, 3.8) is 0 Å². The fourth-order valence-electron chi connectivity index (χ4n) is 2.73. The van der Waals surface area contributed by atoms with Crippen LogP contribution in [0.5, 0.6) is 0 Å². The van der Waals surface area contributed by atoms with Crippen molar-refractivity contribution in [1.29, 1.82) is 0 Å². The summed E-state index contributed by atoms with van der Waals surface area (Å²) in [5, 5.41) is 5.83. The number of hydrogen-bond donors (Lipinski definition) is 1. The SMILES string of the molecule is Cn1cnc2c(C(=O)NC(c3ccccc3)c3nccs3)ccnc21. The summed E-state index contributed by atoms with van der Waals surface area (Å²) in [6, 6.07) is 11.2. The van der Waals surface area contributed by atoms with Gasteiger partial charge >= 0.3 is 0 Å². The van der Waals surface area contributed by atoms with E-state index in [1.807, 2.05) is 42.8 Å². The van der Waals surface area contributed by atoms with Crippen molar-refractivity contribution in [3.05, 3.63) is 76.6 Å². The minimum absolute atomic E-state index is 0.199. The minimum Gasteiger partial charge on any atom is -0.339 e. The predicted octanol–water partition coefficient (Wildman–Crippen LogP) is 2.94. The Kier molecular flexibility index (Phi) is 3.99. The molecule has 7 heteroatoms. The van der Waals surface area contributed by atoms with Gasteiger partial charge in [0.2, 0.25) is 0 Å². The van der Waals surface area contributed by atoms with Gasteiger partial charge in [0.05, 0.1) is 11.9 Å². The normalized spacial score (nSPS) is 12.2. The fraction of sp³-hybridized carbons (Fsp3) is 0.111. The fourth-order valence-corrected chi connectivity index (χ4v) is 3.44. The van der Waals surface area contributed by atoms with Crippen LogP contribution in [0.4, 0.5) is 0 Å². The third-order valence-corrected chi connectivity index (χ3v) is 4.79. The lowest BCUT2D eigenvalue weighted by Crippen LogP contribution is -2.29. The second kappa shape index (κ2) is 6.45. The summed E-state index contributed by atoms with van der Waals surface area (Å²) in [5.74, 6) is -0.199. The van der Waals surface area contributed by atoms with Crippen molar-refractivity contribution >= 4 is 28.4 Å². The molecule has 1 N–H and O–H groups in total. The molecule has 1 amide bonds. The number of benzene rings is 1. The van der Waals surface area contributed by atoms with Crippen LogP contribution in [-0.4, -0.2) is 25.4 Å². The van der Waals surface area contributed by atoms with Gasteiger partial charge in [0, 0.05) is 24.8 Å². The summed E-state index contributed by atoms with van der Waals surface area (Å²) in [4.78, 5) is 25.9. The number of pyridine rings is 1. The lowest BCUT2D eigenvalue weighted by molar-refractivity contribution is 0.0944. The van der Waals surface area contributed by atoms with Crippen molar-refractivity contribution in [1.82, 2.24) is 24.8 Å². The van der Waals surface area contributed by atoms with Crippen molar-refractivity contribution in [3.8, 4) is 0 Å². The number of thiazole rings is 1. The Bertz CT molecular complexity index is 1010. The lowest BCUT2D eigenvalue weighted by atomic mass is 10.1. The molecule has 0 radical (unpaired) electrons. The first kappa shape index (κ1) is 15.5. The van der Waals surface area contributed by atoms with Gasteiger partial charge in [0.15, 0.2) is 5.65 Å². The average molecular weight is 349 g/mol. The Labute approximate surface area is 148 Å². The Morgan fingerprint density at radius 1 is 1.12 bits per heavy atom. The predicted molar refractivity (Wildman–Crippen MR) is 96.4 cm³/mol. The van der Waals surface area contributed by atoms with Gasteiger partial charge in [-0.1, -0.05) is 30.3 Å². The summed E-state index contributed by atoms with van der Waals surface area (Å²) < 4.78 is 1.79. The van der Waals surface area contributed by atoms with Crippen LogP contribution in [0.2, 0.25) is 0 Å². The van der Waals surface area contributed by atoms with E-state index in [4.69, 9.17) is 0 Å². The number of imidazole rings is 1. The number of carbonyl (C=O) groups is 1. The molecule has 0 aliphatic rings. The van der Waals surface area contributed by atoms with E-state index in [1.54, 1.807) is 29.4 Å². The van der Waals surface area contributed by atoms with Gasteiger partial charge in [-0.15, -0.1) is 11.3 Å². The molecule has 4 aromatic rings. The number of nitrogens with zero attached hydrogens (tertiary/aromatic N) is 4. The molecule has 124 valence electrons. The van der Waals surface area contributed by atoms with Crippen LogP contribution in [0.15, 0.2) is 60.5 Å². The van der Waals surface area contributed by atoms with Crippen LogP contribution < -0.4 is 5.32 Å². The third-order valence-electron chi connectivity index (χ3n) is 3.95. The highest BCUT2D eigenvalue weighted by molar-refractivity contribution is 7.09. The van der Waals surface area contributed by atoms with E-state index in [2.05, 4.69) is 20.3 Å². The molecule has 0 saturated carbocycles. The molecule has 3 aromatic heterocycles. The monoisotopic (exact) mass is 349 g/mol. The van der Waals surface area contributed by atoms with Crippen LogP contribution in [-0.2, 0) is 7.05 Å². The molecular weight excluding hydrogens is 334 g/mol. The summed E-state index contributed by atoms with van der Waals surface area (Å²) in [6.45, 7) is 0. The number of fused-ring (bicyclic) bond motifs is 1. The molecule has 3 heterocycles. The van der Waals surface area contributed by atoms with Crippen LogP contribution in [0.1, 0.15) is 27.0 Å². The van der Waals surface area contributed by atoms with Crippen LogP contribution in [0.25, 0.3) is 11.2 Å². The molecule has 0 aliphatic heterocycles. The topological polar surface area (TPSA) is 72.7 Å². The van der Waals surface area contributed by atoms with Gasteiger partial charge in [-0.25, -0.2) is 15.0 Å². The molecule has 0 aliphatic carbocycles. The van der Waals surface area contributed by atoms with Gasteiger partial charge < -0.3 is 9.88 Å². The van der Waals surface area contributed by atoms with Gasteiger partial charge in [0.1, 0.15) is 16.6 Å². The largest absolute Gasteiger partial charge is 0.339 e. The highest BCUT2D eigenvalue weighted by atomic mass is 32.1. The highest BCUT2D eigenvalue weighted by Gasteiger charge is 2.22. The van der Waals surface area contributed by atoms with E-state index in [-0.39, 0.29) is 11.9 Å². The molecule has 4 rings (SSSR count). The minimum atomic E-state index is -0.305. The van der Waals surface area contributed by atoms with Crippen LogP contribution in [0, 0.1) is 0 Å². The van der Waals surface area contributed by atoms with Crippen LogP contribution in [0.3, 0.4) is 0 Å². The third kappa shape index (κ3) is 2.89. The number of carbonyl (C=O) groups excluding carboxylic acids is 1. The Hall–Kier alpha value is -3.06. The Morgan fingerprint density at radius 2 is 1.96 bits per heavy atom. The molecule has 0 spiro atoms. The molecule has 0 saturated heterocycles. The first-order chi connectivity index (χ1) is 12.2. The van der Waals surface area contributed by atoms with E-state index in [0.29, 0.717) is 16.7 Å². The van der Waals surface area contributed by atoms with E-state index in [9.17, 15) is 4.79 Å². The standard InChI is InChI=1S/C18H15N5OS/c1-23-11-21-15-13(7-8-19-16(15)23)17(24)22-14(18-20-9-10-25-18)12-5-3-2-4-6-12/h2-11,14H,1H3,(H,22,24). The number of amides is 1. The van der Waals surface area contributed by atoms with Crippen molar-refractivity contribution in [2.45, 2.75) is 6.04 Å². The maximum absolute atomic E-state index is 12.9. The zero-order valence-corrected chi connectivity index (χ0v) is 14.3. The molecule has 6 nitrogen and oxygen atoms in total. The van der Waals surface area contributed by atoms with Crippen LogP contribution >= 0.6 is 11.3 Å². The van der Waals surface area contributed by atoms with E-state index in [1.165, 1.54) is 11.3 Å². The van der Waals surface area contributed by atoms with E-state index in [0.717, 1.165) is 10.6 Å². The van der Waals surface area contributed by atoms with E-state index >= 15 is 0 Å². The van der Waals surface area contributed by atoms with Crippen molar-refractivity contribution in [2.24, 2.45) is 7.05 Å². The van der Waals surface area contributed by atoms with Crippen molar-refractivity contribution < 1.29 is 4.79 Å². The molecule has 0 bridgehead atoms.